The Morgan fingerprint density at radius 3 is 0.919 bits per heavy atom. The second kappa shape index (κ2) is 75.5. The predicted molar refractivity (Wildman–Crippen MR) is 379 cm³/mol. The molecule has 0 aromatic carbocycles. The van der Waals surface area contributed by atoms with Crippen LogP contribution < -0.4 is 5.32 Å². The number of hydrogen-bond donors (Lipinski definition) is 3. The van der Waals surface area contributed by atoms with Crippen LogP contribution in [0.25, 0.3) is 0 Å². The van der Waals surface area contributed by atoms with E-state index in [0.29, 0.717) is 25.9 Å². The lowest BCUT2D eigenvalue weighted by molar-refractivity contribution is -0.143. The smallest absolute Gasteiger partial charge is 0.305 e. The second-order valence-electron chi connectivity index (χ2n) is 27.0. The highest BCUT2D eigenvalue weighted by Gasteiger charge is 2.20. The number of unbranched alkanes of at least 4 members (excludes halogenated alkanes) is 57. The number of carbonyl (C=O) groups is 2. The number of esters is 1. The Morgan fingerprint density at radius 1 is 0.326 bits per heavy atom. The van der Waals surface area contributed by atoms with Crippen molar-refractivity contribution in [3.63, 3.8) is 0 Å². The largest absolute Gasteiger partial charge is 0.466 e. The Hall–Kier alpha value is -1.92. The number of rotatable bonds is 74. The maximum atomic E-state index is 12.5. The van der Waals surface area contributed by atoms with Gasteiger partial charge in [0.1, 0.15) is 0 Å². The summed E-state index contributed by atoms with van der Waals surface area (Å²) in [5, 5.41) is 23.4. The third-order valence-corrected chi connectivity index (χ3v) is 18.4. The van der Waals surface area contributed by atoms with Crippen LogP contribution >= 0.6 is 0 Å². The highest BCUT2D eigenvalue weighted by atomic mass is 16.5. The van der Waals surface area contributed by atoms with Crippen LogP contribution in [0.3, 0.4) is 0 Å². The zero-order valence-electron chi connectivity index (χ0n) is 58.3. The molecule has 2 unspecified atom stereocenters. The number of aliphatic hydroxyl groups is 2. The molecule has 0 aromatic heterocycles. The lowest BCUT2D eigenvalue weighted by Gasteiger charge is -2.22. The summed E-state index contributed by atoms with van der Waals surface area (Å²) >= 11 is 0. The molecule has 2 atom stereocenters. The average Bonchev–Trinajstić information content (AvgIpc) is 3.59. The Morgan fingerprint density at radius 2 is 0.581 bits per heavy atom. The van der Waals surface area contributed by atoms with Gasteiger partial charge in [-0.1, -0.05) is 378 Å². The molecule has 0 aromatic rings. The van der Waals surface area contributed by atoms with E-state index in [-0.39, 0.29) is 18.5 Å². The first kappa shape index (κ1) is 84.1. The number of amides is 1. The van der Waals surface area contributed by atoms with Gasteiger partial charge in [0.15, 0.2) is 0 Å². The quantitative estimate of drug-likeness (QED) is 0.0320. The summed E-state index contributed by atoms with van der Waals surface area (Å²) < 4.78 is 5.50. The lowest BCUT2D eigenvalue weighted by Crippen LogP contribution is -2.45. The molecule has 0 spiro atoms. The van der Waals surface area contributed by atoms with E-state index in [1.165, 1.54) is 353 Å². The van der Waals surface area contributed by atoms with Gasteiger partial charge < -0.3 is 20.3 Å². The number of carbonyl (C=O) groups excluding carboxylic acids is 2. The first-order valence-electron chi connectivity index (χ1n) is 39.2. The molecule has 0 rings (SSSR count). The molecule has 3 N–H and O–H groups in total. The molecule has 6 nitrogen and oxygen atoms in total. The first-order chi connectivity index (χ1) is 42.5. The Kier molecular flexibility index (Phi) is 73.9. The Labute approximate surface area is 538 Å². The molecule has 0 saturated heterocycles. The van der Waals surface area contributed by atoms with Crippen molar-refractivity contribution in [2.75, 3.05) is 13.2 Å². The van der Waals surface area contributed by atoms with Gasteiger partial charge in [-0.15, -0.1) is 0 Å². The highest BCUT2D eigenvalue weighted by molar-refractivity contribution is 5.76. The van der Waals surface area contributed by atoms with E-state index in [1.54, 1.807) is 0 Å². The standard InChI is InChI=1S/C80H153NO5/c1-3-5-7-9-11-13-15-17-19-40-44-48-52-56-60-64-68-72-78(83)77(76-82)81-79(84)73-69-65-61-57-53-49-45-42-38-36-34-32-30-28-26-24-22-21-23-25-27-29-31-33-35-37-39-43-47-51-55-59-63-67-71-75-86-80(85)74-70-66-62-58-54-50-46-41-20-18-16-14-12-10-8-6-4-2/h12,14,18,20,23,25,77-78,82-83H,3-11,13,15-17,19,21-22,24,26-76H2,1-2H3,(H,81,84)/b14-12-,20-18-,25-23-. The molecule has 0 bridgehead atoms. The van der Waals surface area contributed by atoms with Crippen molar-refractivity contribution in [1.29, 1.82) is 0 Å². The zero-order valence-corrected chi connectivity index (χ0v) is 58.3. The number of hydrogen-bond acceptors (Lipinski definition) is 5. The molecule has 86 heavy (non-hydrogen) atoms. The van der Waals surface area contributed by atoms with Gasteiger partial charge in [0, 0.05) is 12.8 Å². The van der Waals surface area contributed by atoms with Crippen LogP contribution in [0.4, 0.5) is 0 Å². The summed E-state index contributed by atoms with van der Waals surface area (Å²) in [7, 11) is 0. The normalized spacial score (nSPS) is 12.7. The molecule has 0 saturated carbocycles. The van der Waals surface area contributed by atoms with E-state index in [4.69, 9.17) is 4.74 Å². The van der Waals surface area contributed by atoms with Crippen LogP contribution in [0.5, 0.6) is 0 Å². The number of allylic oxidation sites excluding steroid dienone is 6. The van der Waals surface area contributed by atoms with Crippen LogP contribution in [0.2, 0.25) is 0 Å². The molecule has 0 radical (unpaired) electrons. The minimum atomic E-state index is -0.662. The zero-order chi connectivity index (χ0) is 62.0. The van der Waals surface area contributed by atoms with Gasteiger partial charge in [0.25, 0.3) is 0 Å². The van der Waals surface area contributed by atoms with Crippen LogP contribution in [0.1, 0.15) is 438 Å². The number of ether oxygens (including phenoxy) is 1. The number of aliphatic hydroxyl groups excluding tert-OH is 2. The van der Waals surface area contributed by atoms with Gasteiger partial charge in [0.05, 0.1) is 25.4 Å². The summed E-state index contributed by atoms with van der Waals surface area (Å²) in [5.74, 6) is -0.0144. The second-order valence-corrected chi connectivity index (χ2v) is 27.0. The molecular formula is C80H153NO5. The Balaban J connectivity index is 3.33. The molecular weight excluding hydrogens is 1050 g/mol. The maximum Gasteiger partial charge on any atom is 0.305 e. The van der Waals surface area contributed by atoms with Crippen molar-refractivity contribution >= 4 is 11.9 Å². The van der Waals surface area contributed by atoms with E-state index in [1.807, 2.05) is 0 Å². The van der Waals surface area contributed by atoms with Gasteiger partial charge in [-0.05, 0) is 83.5 Å². The predicted octanol–water partition coefficient (Wildman–Crippen LogP) is 25.8. The van der Waals surface area contributed by atoms with Crippen molar-refractivity contribution in [2.24, 2.45) is 0 Å². The van der Waals surface area contributed by atoms with Gasteiger partial charge in [-0.25, -0.2) is 0 Å². The maximum absolute atomic E-state index is 12.5. The summed E-state index contributed by atoms with van der Waals surface area (Å²) in [5.41, 5.74) is 0. The summed E-state index contributed by atoms with van der Waals surface area (Å²) in [4.78, 5) is 24.6. The van der Waals surface area contributed by atoms with E-state index in [2.05, 4.69) is 55.6 Å². The Bertz CT molecular complexity index is 1390. The molecule has 0 aliphatic carbocycles. The number of nitrogens with one attached hydrogen (secondary N) is 1. The summed E-state index contributed by atoms with van der Waals surface area (Å²) in [6, 6.07) is -0.539. The van der Waals surface area contributed by atoms with Crippen molar-refractivity contribution in [1.82, 2.24) is 5.32 Å². The fourth-order valence-corrected chi connectivity index (χ4v) is 12.4. The molecule has 0 aliphatic heterocycles. The molecule has 6 heteroatoms. The van der Waals surface area contributed by atoms with Crippen molar-refractivity contribution in [2.45, 2.75) is 450 Å². The van der Waals surface area contributed by atoms with Gasteiger partial charge in [-0.3, -0.25) is 9.59 Å². The van der Waals surface area contributed by atoms with E-state index in [9.17, 15) is 19.8 Å². The lowest BCUT2D eigenvalue weighted by atomic mass is 10.0. The van der Waals surface area contributed by atoms with Crippen LogP contribution in [-0.4, -0.2) is 47.4 Å². The van der Waals surface area contributed by atoms with Crippen molar-refractivity contribution in [3.8, 4) is 0 Å². The van der Waals surface area contributed by atoms with Gasteiger partial charge in [0.2, 0.25) is 5.91 Å². The molecule has 0 heterocycles. The van der Waals surface area contributed by atoms with E-state index in [0.717, 1.165) is 51.4 Å². The fourth-order valence-electron chi connectivity index (χ4n) is 12.4. The van der Waals surface area contributed by atoms with Gasteiger partial charge >= 0.3 is 5.97 Å². The minimum Gasteiger partial charge on any atom is -0.466 e. The van der Waals surface area contributed by atoms with Gasteiger partial charge in [-0.2, -0.15) is 0 Å². The fraction of sp³-hybridized carbons (Fsp3) is 0.900. The van der Waals surface area contributed by atoms with Crippen molar-refractivity contribution in [3.05, 3.63) is 36.5 Å². The average molecular weight is 1210 g/mol. The SMILES string of the molecule is CCCCC/C=C\C/C=C\CCCCCCCCCC(=O)OCCCCCCCCCCCCCCCC/C=C\CCCCCCCCCCCCCCCCCCCC(=O)NC(CO)C(O)CCCCCCCCCCCCCCCCCCC. The highest BCUT2D eigenvalue weighted by Crippen LogP contribution is 2.20. The topological polar surface area (TPSA) is 95.9 Å². The molecule has 1 amide bonds. The van der Waals surface area contributed by atoms with Crippen LogP contribution in [-0.2, 0) is 14.3 Å². The monoisotopic (exact) mass is 1210 g/mol. The summed E-state index contributed by atoms with van der Waals surface area (Å²) in [6.45, 7) is 4.97. The third kappa shape index (κ3) is 71.2. The van der Waals surface area contributed by atoms with E-state index < -0.39 is 12.1 Å². The van der Waals surface area contributed by atoms with Crippen LogP contribution in [0, 0.1) is 0 Å². The summed E-state index contributed by atoms with van der Waals surface area (Å²) in [6.07, 6.45) is 98.0. The molecule has 0 fully saturated rings. The molecule has 508 valence electrons. The molecule has 0 aliphatic rings. The minimum absolute atomic E-state index is 0.0130. The van der Waals surface area contributed by atoms with Crippen LogP contribution in [0.15, 0.2) is 36.5 Å². The van der Waals surface area contributed by atoms with Crippen molar-refractivity contribution < 1.29 is 24.5 Å². The first-order valence-corrected chi connectivity index (χ1v) is 39.2. The third-order valence-electron chi connectivity index (χ3n) is 18.4. The van der Waals surface area contributed by atoms with E-state index >= 15 is 0 Å².